The number of allylic oxidation sites excluding steroid dienone is 1. The Kier molecular flexibility index (Phi) is 10.1. The topological polar surface area (TPSA) is 40.5 Å². The molecule has 0 aromatic rings. The van der Waals surface area contributed by atoms with E-state index in [0.717, 1.165) is 12.2 Å². The molecule has 0 aliphatic rings. The zero-order valence-electron chi connectivity index (χ0n) is 8.11. The summed E-state index contributed by atoms with van der Waals surface area (Å²) in [7, 11) is 0. The molecule has 0 spiro atoms. The molecular weight excluding hydrogens is 184 g/mol. The van der Waals surface area contributed by atoms with Crippen LogP contribution in [0.15, 0.2) is 12.7 Å². The molecule has 78 valence electrons. The number of rotatable bonds is 9. The molecule has 0 fully saturated rings. The van der Waals surface area contributed by atoms with Crippen molar-refractivity contribution in [3.63, 3.8) is 0 Å². The normalized spacial score (nSPS) is 12.8. The standard InChI is InChI=1S/C10H20O2S/c1-2-3-4-5-6-7-13-9-10(12)8-11/h2,10-12H,1,3-9H2. The fraction of sp³-hybridized carbons (Fsp3) is 0.800. The van der Waals surface area contributed by atoms with E-state index in [1.165, 1.54) is 19.3 Å². The van der Waals surface area contributed by atoms with Gasteiger partial charge in [0.05, 0.1) is 12.7 Å². The summed E-state index contributed by atoms with van der Waals surface area (Å²) in [5.41, 5.74) is 0. The Morgan fingerprint density at radius 1 is 1.31 bits per heavy atom. The van der Waals surface area contributed by atoms with Gasteiger partial charge < -0.3 is 10.2 Å². The quantitative estimate of drug-likeness (QED) is 0.444. The SMILES string of the molecule is C=CCCCCCSCC(O)CO. The zero-order chi connectivity index (χ0) is 9.94. The minimum Gasteiger partial charge on any atom is -0.394 e. The number of hydrogen-bond donors (Lipinski definition) is 2. The minimum absolute atomic E-state index is 0.122. The summed E-state index contributed by atoms with van der Waals surface area (Å²) in [4.78, 5) is 0. The van der Waals surface area contributed by atoms with E-state index in [-0.39, 0.29) is 6.61 Å². The summed E-state index contributed by atoms with van der Waals surface area (Å²) in [6.45, 7) is 3.54. The molecule has 0 saturated heterocycles. The van der Waals surface area contributed by atoms with Crippen LogP contribution in [-0.4, -0.2) is 34.4 Å². The third-order valence-electron chi connectivity index (χ3n) is 1.72. The van der Waals surface area contributed by atoms with E-state index in [1.54, 1.807) is 11.8 Å². The van der Waals surface area contributed by atoms with E-state index in [0.29, 0.717) is 5.75 Å². The second-order valence-electron chi connectivity index (χ2n) is 3.05. The summed E-state index contributed by atoms with van der Waals surface area (Å²) in [5, 5.41) is 17.5. The van der Waals surface area contributed by atoms with Crippen LogP contribution in [0.1, 0.15) is 25.7 Å². The van der Waals surface area contributed by atoms with Crippen molar-refractivity contribution in [2.75, 3.05) is 18.1 Å². The number of hydrogen-bond acceptors (Lipinski definition) is 3. The lowest BCUT2D eigenvalue weighted by atomic mass is 10.2. The smallest absolute Gasteiger partial charge is 0.0861 e. The molecule has 0 rings (SSSR count). The van der Waals surface area contributed by atoms with Crippen LogP contribution in [0, 0.1) is 0 Å². The first-order valence-corrected chi connectivity index (χ1v) is 5.94. The Bertz CT molecular complexity index is 117. The van der Waals surface area contributed by atoms with Crippen LogP contribution in [0.2, 0.25) is 0 Å². The van der Waals surface area contributed by atoms with Crippen LogP contribution in [0.3, 0.4) is 0 Å². The Labute approximate surface area is 85.0 Å². The monoisotopic (exact) mass is 204 g/mol. The van der Waals surface area contributed by atoms with Crippen molar-refractivity contribution >= 4 is 11.8 Å². The van der Waals surface area contributed by atoms with E-state index >= 15 is 0 Å². The lowest BCUT2D eigenvalue weighted by molar-refractivity contribution is 0.113. The molecule has 0 heterocycles. The summed E-state index contributed by atoms with van der Waals surface area (Å²) >= 11 is 1.71. The van der Waals surface area contributed by atoms with Crippen LogP contribution >= 0.6 is 11.8 Å². The maximum Gasteiger partial charge on any atom is 0.0861 e. The second-order valence-corrected chi connectivity index (χ2v) is 4.20. The molecule has 2 nitrogen and oxygen atoms in total. The van der Waals surface area contributed by atoms with Crippen LogP contribution < -0.4 is 0 Å². The van der Waals surface area contributed by atoms with Gasteiger partial charge >= 0.3 is 0 Å². The Morgan fingerprint density at radius 2 is 2.08 bits per heavy atom. The van der Waals surface area contributed by atoms with E-state index < -0.39 is 6.10 Å². The molecule has 2 N–H and O–H groups in total. The van der Waals surface area contributed by atoms with Crippen molar-refractivity contribution in [2.24, 2.45) is 0 Å². The zero-order valence-corrected chi connectivity index (χ0v) is 8.93. The van der Waals surface area contributed by atoms with Crippen molar-refractivity contribution in [2.45, 2.75) is 31.8 Å². The van der Waals surface area contributed by atoms with Crippen LogP contribution in [0.25, 0.3) is 0 Å². The molecule has 13 heavy (non-hydrogen) atoms. The average molecular weight is 204 g/mol. The Balaban J connectivity index is 2.95. The average Bonchev–Trinajstić information content (AvgIpc) is 2.16. The minimum atomic E-state index is -0.543. The summed E-state index contributed by atoms with van der Waals surface area (Å²) < 4.78 is 0. The van der Waals surface area contributed by atoms with Gasteiger partial charge in [0.1, 0.15) is 0 Å². The Hall–Kier alpha value is 0.01000. The number of thioether (sulfide) groups is 1. The summed E-state index contributed by atoms with van der Waals surface area (Å²) in [6, 6.07) is 0. The first kappa shape index (κ1) is 13.0. The molecule has 1 atom stereocenters. The first-order valence-electron chi connectivity index (χ1n) is 4.78. The van der Waals surface area contributed by atoms with Crippen LogP contribution in [0.5, 0.6) is 0 Å². The van der Waals surface area contributed by atoms with Crippen molar-refractivity contribution in [1.82, 2.24) is 0 Å². The van der Waals surface area contributed by atoms with Crippen LogP contribution in [0.4, 0.5) is 0 Å². The molecule has 0 radical (unpaired) electrons. The number of aliphatic hydroxyl groups excluding tert-OH is 2. The maximum absolute atomic E-state index is 9.01. The van der Waals surface area contributed by atoms with Gasteiger partial charge in [-0.2, -0.15) is 11.8 Å². The molecule has 0 aromatic heterocycles. The van der Waals surface area contributed by atoms with Gasteiger partial charge in [0, 0.05) is 5.75 Å². The fourth-order valence-corrected chi connectivity index (χ4v) is 1.89. The van der Waals surface area contributed by atoms with Gasteiger partial charge in [-0.1, -0.05) is 12.5 Å². The van der Waals surface area contributed by atoms with Gasteiger partial charge in [-0.15, -0.1) is 6.58 Å². The molecule has 0 aliphatic heterocycles. The van der Waals surface area contributed by atoms with Gasteiger partial charge in [0.15, 0.2) is 0 Å². The third-order valence-corrected chi connectivity index (χ3v) is 2.92. The van der Waals surface area contributed by atoms with Gasteiger partial charge in [0.25, 0.3) is 0 Å². The third kappa shape index (κ3) is 9.93. The molecule has 0 amide bonds. The van der Waals surface area contributed by atoms with Crippen LogP contribution in [-0.2, 0) is 0 Å². The predicted molar refractivity (Wildman–Crippen MR) is 59.1 cm³/mol. The van der Waals surface area contributed by atoms with Gasteiger partial charge in [-0.25, -0.2) is 0 Å². The lowest BCUT2D eigenvalue weighted by Gasteiger charge is -2.05. The van der Waals surface area contributed by atoms with E-state index in [4.69, 9.17) is 10.2 Å². The fourth-order valence-electron chi connectivity index (χ4n) is 0.942. The van der Waals surface area contributed by atoms with Gasteiger partial charge in [0.2, 0.25) is 0 Å². The highest BCUT2D eigenvalue weighted by atomic mass is 32.2. The number of unbranched alkanes of at least 4 members (excludes halogenated alkanes) is 3. The molecule has 0 aromatic carbocycles. The van der Waals surface area contributed by atoms with Gasteiger partial charge in [-0.3, -0.25) is 0 Å². The van der Waals surface area contributed by atoms with Crippen molar-refractivity contribution < 1.29 is 10.2 Å². The van der Waals surface area contributed by atoms with E-state index in [1.807, 2.05) is 6.08 Å². The van der Waals surface area contributed by atoms with E-state index in [2.05, 4.69) is 6.58 Å². The summed E-state index contributed by atoms with van der Waals surface area (Å²) in [5.74, 6) is 1.73. The molecule has 3 heteroatoms. The summed E-state index contributed by atoms with van der Waals surface area (Å²) in [6.07, 6.45) is 6.14. The highest BCUT2D eigenvalue weighted by Gasteiger charge is 2.00. The largest absolute Gasteiger partial charge is 0.394 e. The Morgan fingerprint density at radius 3 is 2.69 bits per heavy atom. The van der Waals surface area contributed by atoms with Crippen molar-refractivity contribution in [3.8, 4) is 0 Å². The van der Waals surface area contributed by atoms with Crippen molar-refractivity contribution in [3.05, 3.63) is 12.7 Å². The molecule has 0 saturated carbocycles. The molecule has 1 unspecified atom stereocenters. The molecular formula is C10H20O2S. The van der Waals surface area contributed by atoms with Gasteiger partial charge in [-0.05, 0) is 25.0 Å². The number of aliphatic hydroxyl groups is 2. The van der Waals surface area contributed by atoms with E-state index in [9.17, 15) is 0 Å². The first-order chi connectivity index (χ1) is 6.31. The maximum atomic E-state index is 9.01. The molecule has 0 aliphatic carbocycles. The molecule has 0 bridgehead atoms. The highest BCUT2D eigenvalue weighted by Crippen LogP contribution is 2.08. The van der Waals surface area contributed by atoms with Crippen molar-refractivity contribution in [1.29, 1.82) is 0 Å². The second kappa shape index (κ2) is 10.1. The lowest BCUT2D eigenvalue weighted by Crippen LogP contribution is -2.14. The highest BCUT2D eigenvalue weighted by molar-refractivity contribution is 7.99. The predicted octanol–water partition coefficient (Wildman–Crippen LogP) is 1.82.